The predicted molar refractivity (Wildman–Crippen MR) is 155 cm³/mol. The zero-order chi connectivity index (χ0) is 28.1. The van der Waals surface area contributed by atoms with E-state index < -0.39 is 23.8 Å². The fourth-order valence-electron chi connectivity index (χ4n) is 3.76. The van der Waals surface area contributed by atoms with Gasteiger partial charge in [-0.3, -0.25) is 4.79 Å². The molecule has 3 amide bonds. The molecule has 0 saturated heterocycles. The van der Waals surface area contributed by atoms with E-state index in [2.05, 4.69) is 10.6 Å². The largest absolute Gasteiger partial charge is 0.445 e. The van der Waals surface area contributed by atoms with Gasteiger partial charge < -0.3 is 25.0 Å². The van der Waals surface area contributed by atoms with Crippen LogP contribution in [0.25, 0.3) is 0 Å². The molecule has 0 aliphatic heterocycles. The Labute approximate surface area is 238 Å². The first-order chi connectivity index (χ1) is 18.7. The molecule has 0 radical (unpaired) electrons. The van der Waals surface area contributed by atoms with Gasteiger partial charge in [-0.1, -0.05) is 42.5 Å². The quantitative estimate of drug-likeness (QED) is 0.234. The van der Waals surface area contributed by atoms with Crippen molar-refractivity contribution in [2.45, 2.75) is 71.4 Å². The van der Waals surface area contributed by atoms with E-state index in [-0.39, 0.29) is 12.5 Å². The van der Waals surface area contributed by atoms with Crippen molar-refractivity contribution in [3.8, 4) is 0 Å². The highest BCUT2D eigenvalue weighted by molar-refractivity contribution is 7.10. The molecular weight excluding hydrogens is 534 g/mol. The van der Waals surface area contributed by atoms with E-state index in [0.29, 0.717) is 38.9 Å². The van der Waals surface area contributed by atoms with Gasteiger partial charge in [0.05, 0.1) is 13.1 Å². The maximum absolute atomic E-state index is 13.8. The van der Waals surface area contributed by atoms with E-state index in [1.165, 1.54) is 0 Å². The lowest BCUT2D eigenvalue weighted by atomic mass is 10.1. The summed E-state index contributed by atoms with van der Waals surface area (Å²) in [5, 5.41) is 9.50. The maximum atomic E-state index is 13.8. The highest BCUT2D eigenvalue weighted by Crippen LogP contribution is 2.19. The lowest BCUT2D eigenvalue weighted by Gasteiger charge is -2.28. The van der Waals surface area contributed by atoms with Crippen molar-refractivity contribution in [3.63, 3.8) is 0 Å². The molecule has 0 fully saturated rings. The van der Waals surface area contributed by atoms with E-state index in [4.69, 9.17) is 9.47 Å². The Hall–Kier alpha value is -3.37. The van der Waals surface area contributed by atoms with Gasteiger partial charge in [0.25, 0.3) is 0 Å². The van der Waals surface area contributed by atoms with Gasteiger partial charge in [-0.15, -0.1) is 22.7 Å². The summed E-state index contributed by atoms with van der Waals surface area (Å²) in [5.41, 5.74) is 0.229. The van der Waals surface area contributed by atoms with Gasteiger partial charge in [-0.25, -0.2) is 9.59 Å². The van der Waals surface area contributed by atoms with Crippen molar-refractivity contribution in [2.24, 2.45) is 0 Å². The fraction of sp³-hybridized carbons (Fsp3) is 0.414. The van der Waals surface area contributed by atoms with Gasteiger partial charge in [0.2, 0.25) is 5.91 Å². The summed E-state index contributed by atoms with van der Waals surface area (Å²) < 4.78 is 10.7. The lowest BCUT2D eigenvalue weighted by Crippen LogP contribution is -2.49. The average molecular weight is 572 g/mol. The number of alkyl carbamates (subject to hydrolysis) is 2. The van der Waals surface area contributed by atoms with Crippen LogP contribution in [0, 0.1) is 0 Å². The van der Waals surface area contributed by atoms with Crippen molar-refractivity contribution in [2.75, 3.05) is 6.54 Å². The first kappa shape index (κ1) is 30.2. The minimum Gasteiger partial charge on any atom is -0.445 e. The number of carbonyl (C=O) groups is 3. The number of rotatable bonds is 13. The van der Waals surface area contributed by atoms with Gasteiger partial charge in [-0.2, -0.15) is 0 Å². The molecule has 39 heavy (non-hydrogen) atoms. The Balaban J connectivity index is 1.57. The third kappa shape index (κ3) is 11.5. The molecule has 0 unspecified atom stereocenters. The minimum atomic E-state index is -0.759. The second kappa shape index (κ2) is 15.3. The number of unbranched alkanes of at least 4 members (excludes halogenated alkanes) is 1. The zero-order valence-electron chi connectivity index (χ0n) is 22.7. The minimum absolute atomic E-state index is 0.169. The Morgan fingerprint density at radius 1 is 0.872 bits per heavy atom. The molecule has 0 spiro atoms. The molecule has 0 bridgehead atoms. The number of benzene rings is 1. The first-order valence-corrected chi connectivity index (χ1v) is 14.7. The van der Waals surface area contributed by atoms with E-state index in [1.807, 2.05) is 65.4 Å². The summed E-state index contributed by atoms with van der Waals surface area (Å²) in [6, 6.07) is 16.6. The standard InChI is InChI=1S/C29H37N3O5S2/c1-29(2,3)37-28(35)31-25(15-7-8-16-30-27(34)36-21-22-11-5-4-6-12-22)26(33)32(19-23-13-9-17-38-23)20-24-14-10-18-39-24/h4-6,9-14,17-18,25H,7-8,15-16,19-21H2,1-3H3,(H,30,34)(H,31,35)/t25-/m1/s1. The van der Waals surface area contributed by atoms with Crippen molar-refractivity contribution in [1.82, 2.24) is 15.5 Å². The number of hydrogen-bond acceptors (Lipinski definition) is 7. The molecule has 0 aliphatic carbocycles. The van der Waals surface area contributed by atoms with E-state index in [0.717, 1.165) is 15.3 Å². The summed E-state index contributed by atoms with van der Waals surface area (Å²) in [6.07, 6.45) is 0.518. The lowest BCUT2D eigenvalue weighted by molar-refractivity contribution is -0.134. The average Bonchev–Trinajstić information content (AvgIpc) is 3.60. The Morgan fingerprint density at radius 3 is 2.08 bits per heavy atom. The second-order valence-electron chi connectivity index (χ2n) is 10.0. The molecule has 1 atom stereocenters. The number of thiophene rings is 2. The molecule has 8 nitrogen and oxygen atoms in total. The summed E-state index contributed by atoms with van der Waals surface area (Å²) in [4.78, 5) is 42.3. The predicted octanol–water partition coefficient (Wildman–Crippen LogP) is 6.33. The Bertz CT molecular complexity index is 1110. The van der Waals surface area contributed by atoms with E-state index in [9.17, 15) is 14.4 Å². The van der Waals surface area contributed by atoms with Crippen LogP contribution in [0.15, 0.2) is 65.4 Å². The maximum Gasteiger partial charge on any atom is 0.408 e. The third-order valence-electron chi connectivity index (χ3n) is 5.56. The van der Waals surface area contributed by atoms with Crippen LogP contribution in [0.4, 0.5) is 9.59 Å². The van der Waals surface area contributed by atoms with Crippen LogP contribution < -0.4 is 10.6 Å². The monoisotopic (exact) mass is 571 g/mol. The van der Waals surface area contributed by atoms with E-state index >= 15 is 0 Å². The molecule has 10 heteroatoms. The number of nitrogens with zero attached hydrogens (tertiary/aromatic N) is 1. The number of ether oxygens (including phenoxy) is 2. The first-order valence-electron chi connectivity index (χ1n) is 13.0. The molecule has 210 valence electrons. The molecule has 2 heterocycles. The number of hydrogen-bond donors (Lipinski definition) is 2. The number of carbonyl (C=O) groups excluding carboxylic acids is 3. The smallest absolute Gasteiger partial charge is 0.408 e. The summed E-state index contributed by atoms with van der Waals surface area (Å²) in [5.74, 6) is -0.169. The van der Waals surface area contributed by atoms with Gasteiger partial charge in [0.1, 0.15) is 18.2 Å². The highest BCUT2D eigenvalue weighted by Gasteiger charge is 2.28. The van der Waals surface area contributed by atoms with Crippen LogP contribution in [0.2, 0.25) is 0 Å². The van der Waals surface area contributed by atoms with Crippen molar-refractivity contribution < 1.29 is 23.9 Å². The van der Waals surface area contributed by atoms with Crippen LogP contribution in [0.3, 0.4) is 0 Å². The Kier molecular flexibility index (Phi) is 11.8. The molecule has 3 rings (SSSR count). The van der Waals surface area contributed by atoms with Crippen LogP contribution in [-0.2, 0) is 34.0 Å². The molecule has 2 N–H and O–H groups in total. The third-order valence-corrected chi connectivity index (χ3v) is 7.28. The molecule has 0 saturated carbocycles. The van der Waals surface area contributed by atoms with Crippen molar-refractivity contribution in [3.05, 3.63) is 80.7 Å². The number of amides is 3. The molecular formula is C29H37N3O5S2. The fourth-order valence-corrected chi connectivity index (χ4v) is 5.20. The summed E-state index contributed by atoms with van der Waals surface area (Å²) in [7, 11) is 0. The van der Waals surface area contributed by atoms with Gasteiger partial charge in [0.15, 0.2) is 0 Å². The van der Waals surface area contributed by atoms with Crippen LogP contribution in [0.5, 0.6) is 0 Å². The normalized spacial score (nSPS) is 11.9. The van der Waals surface area contributed by atoms with Gasteiger partial charge >= 0.3 is 12.2 Å². The van der Waals surface area contributed by atoms with Crippen LogP contribution >= 0.6 is 22.7 Å². The molecule has 3 aromatic rings. The topological polar surface area (TPSA) is 97.0 Å². The SMILES string of the molecule is CC(C)(C)OC(=O)N[C@H](CCCCNC(=O)OCc1ccccc1)C(=O)N(Cc1cccs1)Cc1cccs1. The Morgan fingerprint density at radius 2 is 1.51 bits per heavy atom. The van der Waals surface area contributed by atoms with Gasteiger partial charge in [-0.05, 0) is 68.5 Å². The highest BCUT2D eigenvalue weighted by atomic mass is 32.1. The molecule has 0 aliphatic rings. The summed E-state index contributed by atoms with van der Waals surface area (Å²) >= 11 is 3.18. The second-order valence-corrected chi connectivity index (χ2v) is 12.1. The van der Waals surface area contributed by atoms with Crippen LogP contribution in [-0.4, -0.2) is 41.2 Å². The van der Waals surface area contributed by atoms with Crippen molar-refractivity contribution >= 4 is 40.8 Å². The van der Waals surface area contributed by atoms with E-state index in [1.54, 1.807) is 48.3 Å². The zero-order valence-corrected chi connectivity index (χ0v) is 24.3. The number of nitrogens with one attached hydrogen (secondary N) is 2. The molecule has 2 aromatic heterocycles. The molecule has 1 aromatic carbocycles. The summed E-state index contributed by atoms with van der Waals surface area (Å²) in [6.45, 7) is 6.86. The van der Waals surface area contributed by atoms with Crippen molar-refractivity contribution in [1.29, 1.82) is 0 Å². The van der Waals surface area contributed by atoms with Crippen LogP contribution in [0.1, 0.15) is 55.4 Å². The van der Waals surface area contributed by atoms with Gasteiger partial charge in [0, 0.05) is 16.3 Å².